The lowest BCUT2D eigenvalue weighted by Gasteiger charge is -2.38. The van der Waals surface area contributed by atoms with Crippen molar-refractivity contribution in [2.24, 2.45) is 4.40 Å². The molecule has 0 aliphatic carbocycles. The molecule has 184 valence electrons. The van der Waals surface area contributed by atoms with Gasteiger partial charge in [-0.05, 0) is 66.6 Å². The van der Waals surface area contributed by atoms with Gasteiger partial charge in [-0.3, -0.25) is 0 Å². The SMILES string of the molecule is CC1(C)OC(C[C@@H](CCO)c2ccccc2F)=NS(=O)(=O)C1c1ccc(-c2ccc(F)cc2)cc1. The summed E-state index contributed by atoms with van der Waals surface area (Å²) in [6, 6.07) is 19.2. The Hall–Kier alpha value is -3.10. The Kier molecular flexibility index (Phi) is 7.05. The van der Waals surface area contributed by atoms with Gasteiger partial charge in [0.25, 0.3) is 10.0 Å². The molecule has 35 heavy (non-hydrogen) atoms. The molecule has 1 heterocycles. The molecule has 0 aromatic heterocycles. The van der Waals surface area contributed by atoms with Crippen molar-refractivity contribution in [3.05, 3.63) is 95.6 Å². The molecule has 1 aliphatic rings. The minimum atomic E-state index is -4.01. The molecule has 0 radical (unpaired) electrons. The van der Waals surface area contributed by atoms with Crippen molar-refractivity contribution < 1.29 is 27.0 Å². The van der Waals surface area contributed by atoms with Crippen molar-refractivity contribution in [1.82, 2.24) is 0 Å². The van der Waals surface area contributed by atoms with Crippen molar-refractivity contribution in [3.63, 3.8) is 0 Å². The van der Waals surface area contributed by atoms with Crippen molar-refractivity contribution in [3.8, 4) is 11.1 Å². The van der Waals surface area contributed by atoms with E-state index in [1.807, 2.05) is 0 Å². The van der Waals surface area contributed by atoms with Crippen molar-refractivity contribution in [2.75, 3.05) is 6.61 Å². The fourth-order valence-electron chi connectivity index (χ4n) is 4.61. The second-order valence-corrected chi connectivity index (χ2v) is 10.8. The fraction of sp³-hybridized carbons (Fsp3) is 0.296. The van der Waals surface area contributed by atoms with Crippen LogP contribution in [0.3, 0.4) is 0 Å². The Labute approximate surface area is 204 Å². The van der Waals surface area contributed by atoms with E-state index in [0.29, 0.717) is 11.1 Å². The highest BCUT2D eigenvalue weighted by Crippen LogP contribution is 2.42. The van der Waals surface area contributed by atoms with E-state index in [1.54, 1.807) is 68.4 Å². The number of aliphatic hydroxyl groups is 1. The Morgan fingerprint density at radius 3 is 2.14 bits per heavy atom. The van der Waals surface area contributed by atoms with Crippen LogP contribution >= 0.6 is 0 Å². The van der Waals surface area contributed by atoms with Crippen LogP contribution in [0, 0.1) is 11.6 Å². The summed E-state index contributed by atoms with van der Waals surface area (Å²) in [5.41, 5.74) is 1.38. The molecule has 1 unspecified atom stereocenters. The smallest absolute Gasteiger partial charge is 0.267 e. The molecule has 4 rings (SSSR count). The Bertz CT molecular complexity index is 1320. The number of hydrogen-bond acceptors (Lipinski definition) is 4. The summed E-state index contributed by atoms with van der Waals surface area (Å²) in [4.78, 5) is 0. The highest BCUT2D eigenvalue weighted by molar-refractivity contribution is 7.90. The van der Waals surface area contributed by atoms with Crippen molar-refractivity contribution in [2.45, 2.75) is 43.5 Å². The lowest BCUT2D eigenvalue weighted by atomic mass is 9.91. The third-order valence-electron chi connectivity index (χ3n) is 6.17. The lowest BCUT2D eigenvalue weighted by molar-refractivity contribution is 0.0797. The maximum absolute atomic E-state index is 14.4. The number of benzene rings is 3. The standard InChI is InChI=1S/C27H27F2NO4S/c1-27(2)26(20-9-7-18(8-10-20)19-11-13-22(28)14-12-19)35(32,33)30-25(34-27)17-21(15-16-31)23-5-3-4-6-24(23)29/h3-14,21,26,31H,15-17H2,1-2H3/t21-,26?/m1/s1. The topological polar surface area (TPSA) is 76.0 Å². The number of aliphatic hydroxyl groups excluding tert-OH is 1. The van der Waals surface area contributed by atoms with Gasteiger partial charge in [-0.1, -0.05) is 54.6 Å². The molecule has 0 bridgehead atoms. The second kappa shape index (κ2) is 9.87. The molecule has 1 N–H and O–H groups in total. The van der Waals surface area contributed by atoms with Crippen LogP contribution in [0.1, 0.15) is 49.0 Å². The molecule has 3 aromatic carbocycles. The third kappa shape index (κ3) is 5.44. The Balaban J connectivity index is 1.62. The van der Waals surface area contributed by atoms with Gasteiger partial charge in [-0.25, -0.2) is 17.2 Å². The molecular formula is C27H27F2NO4S. The molecule has 0 saturated carbocycles. The van der Waals surface area contributed by atoms with Crippen molar-refractivity contribution >= 4 is 15.9 Å². The van der Waals surface area contributed by atoms with Crippen LogP contribution < -0.4 is 0 Å². The van der Waals surface area contributed by atoms with E-state index in [2.05, 4.69) is 4.40 Å². The highest BCUT2D eigenvalue weighted by atomic mass is 32.2. The maximum atomic E-state index is 14.4. The molecule has 2 atom stereocenters. The normalized spacial score (nSPS) is 19.5. The first-order valence-electron chi connectivity index (χ1n) is 11.3. The monoisotopic (exact) mass is 499 g/mol. The average molecular weight is 500 g/mol. The summed E-state index contributed by atoms with van der Waals surface area (Å²) in [5.74, 6) is -1.25. The van der Waals surface area contributed by atoms with Crippen LogP contribution in [-0.4, -0.2) is 31.6 Å². The first kappa shape index (κ1) is 25.0. The van der Waals surface area contributed by atoms with Crippen LogP contribution in [0.4, 0.5) is 8.78 Å². The summed E-state index contributed by atoms with van der Waals surface area (Å²) in [6.07, 6.45) is 0.276. The van der Waals surface area contributed by atoms with Gasteiger partial charge < -0.3 is 9.84 Å². The van der Waals surface area contributed by atoms with Gasteiger partial charge in [-0.15, -0.1) is 4.40 Å². The Morgan fingerprint density at radius 2 is 1.57 bits per heavy atom. The summed E-state index contributed by atoms with van der Waals surface area (Å²) < 4.78 is 64.3. The van der Waals surface area contributed by atoms with Crippen LogP contribution in [0.5, 0.6) is 0 Å². The lowest BCUT2D eigenvalue weighted by Crippen LogP contribution is -2.43. The predicted molar refractivity (Wildman–Crippen MR) is 132 cm³/mol. The number of hydrogen-bond donors (Lipinski definition) is 1. The van der Waals surface area contributed by atoms with Gasteiger partial charge in [0, 0.05) is 13.0 Å². The highest BCUT2D eigenvalue weighted by Gasteiger charge is 2.47. The number of rotatable bonds is 7. The van der Waals surface area contributed by atoms with E-state index in [0.717, 1.165) is 11.1 Å². The number of ether oxygens (including phenoxy) is 1. The number of halogens is 2. The quantitative estimate of drug-likeness (QED) is 0.448. The summed E-state index contributed by atoms with van der Waals surface area (Å²) in [5, 5.41) is 8.44. The van der Waals surface area contributed by atoms with E-state index in [1.165, 1.54) is 18.2 Å². The average Bonchev–Trinajstić information content (AvgIpc) is 2.79. The van der Waals surface area contributed by atoms with E-state index in [4.69, 9.17) is 4.74 Å². The summed E-state index contributed by atoms with van der Waals surface area (Å²) in [6.45, 7) is 3.18. The molecule has 0 spiro atoms. The number of nitrogens with zero attached hydrogens (tertiary/aromatic N) is 1. The number of sulfonamides is 1. The molecule has 0 saturated heterocycles. The molecule has 1 aliphatic heterocycles. The van der Waals surface area contributed by atoms with Crippen LogP contribution in [-0.2, 0) is 14.8 Å². The van der Waals surface area contributed by atoms with Crippen LogP contribution in [0.2, 0.25) is 0 Å². The first-order chi connectivity index (χ1) is 16.6. The Morgan fingerprint density at radius 1 is 0.971 bits per heavy atom. The maximum Gasteiger partial charge on any atom is 0.267 e. The minimum absolute atomic E-state index is 0.00381. The van der Waals surface area contributed by atoms with Crippen LogP contribution in [0.25, 0.3) is 11.1 Å². The summed E-state index contributed by atoms with van der Waals surface area (Å²) in [7, 11) is -4.01. The van der Waals surface area contributed by atoms with Crippen molar-refractivity contribution in [1.29, 1.82) is 0 Å². The molecule has 3 aromatic rings. The zero-order valence-corrected chi connectivity index (χ0v) is 20.3. The van der Waals surface area contributed by atoms with Gasteiger partial charge in [-0.2, -0.15) is 0 Å². The molecule has 5 nitrogen and oxygen atoms in total. The van der Waals surface area contributed by atoms with E-state index in [9.17, 15) is 22.3 Å². The molecule has 0 fully saturated rings. The first-order valence-corrected chi connectivity index (χ1v) is 12.8. The van der Waals surface area contributed by atoms with Gasteiger partial charge >= 0.3 is 0 Å². The molecule has 8 heteroatoms. The van der Waals surface area contributed by atoms with Crippen LogP contribution in [0.15, 0.2) is 77.2 Å². The van der Waals surface area contributed by atoms with Gasteiger partial charge in [0.1, 0.15) is 22.5 Å². The third-order valence-corrected chi connectivity index (χ3v) is 8.07. The zero-order valence-electron chi connectivity index (χ0n) is 19.5. The molecule has 0 amide bonds. The van der Waals surface area contributed by atoms with Gasteiger partial charge in [0.15, 0.2) is 0 Å². The van der Waals surface area contributed by atoms with Gasteiger partial charge in [0.05, 0.1) is 0 Å². The second-order valence-electron chi connectivity index (χ2n) is 9.15. The predicted octanol–water partition coefficient (Wildman–Crippen LogP) is 5.77. The fourth-order valence-corrected chi connectivity index (χ4v) is 6.38. The van der Waals surface area contributed by atoms with E-state index < -0.39 is 32.6 Å². The minimum Gasteiger partial charge on any atom is -0.472 e. The molecular weight excluding hydrogens is 472 g/mol. The zero-order chi connectivity index (χ0) is 25.2. The largest absolute Gasteiger partial charge is 0.472 e. The van der Waals surface area contributed by atoms with E-state index in [-0.39, 0.29) is 31.2 Å². The van der Waals surface area contributed by atoms with E-state index >= 15 is 0 Å². The van der Waals surface area contributed by atoms with Gasteiger partial charge in [0.2, 0.25) is 5.90 Å². The summed E-state index contributed by atoms with van der Waals surface area (Å²) >= 11 is 0.